The van der Waals surface area contributed by atoms with E-state index >= 15 is 0 Å². The van der Waals surface area contributed by atoms with Crippen LogP contribution in [0.2, 0.25) is 10.0 Å². The summed E-state index contributed by atoms with van der Waals surface area (Å²) in [7, 11) is 1.63. The first kappa shape index (κ1) is 21.3. The van der Waals surface area contributed by atoms with Crippen LogP contribution in [0.5, 0.6) is 0 Å². The zero-order chi connectivity index (χ0) is 20.6. The molecule has 2 N–H and O–H groups in total. The van der Waals surface area contributed by atoms with Crippen molar-refractivity contribution in [3.8, 4) is 0 Å². The number of methoxy groups -OCH3 is 1. The lowest BCUT2D eigenvalue weighted by atomic mass is 10.2. The van der Waals surface area contributed by atoms with Crippen LogP contribution in [0, 0.1) is 0 Å². The van der Waals surface area contributed by atoms with Crippen molar-refractivity contribution < 1.29 is 9.47 Å². The molecule has 3 aromatic rings. The Bertz CT molecular complexity index is 1050. The van der Waals surface area contributed by atoms with Crippen LogP contribution in [0.15, 0.2) is 41.3 Å². The Hall–Kier alpha value is -2.39. The third kappa shape index (κ3) is 5.80. The average molecular weight is 438 g/mol. The highest BCUT2D eigenvalue weighted by Crippen LogP contribution is 2.22. The number of anilines is 1. The Morgan fingerprint density at radius 1 is 1.24 bits per heavy atom. The minimum atomic E-state index is -0.270. The maximum absolute atomic E-state index is 12.5. The van der Waals surface area contributed by atoms with Crippen LogP contribution in [0.3, 0.4) is 0 Å². The summed E-state index contributed by atoms with van der Waals surface area (Å²) in [6.07, 6.45) is 5.32. The molecule has 0 aliphatic rings. The molecule has 0 aliphatic carbocycles. The van der Waals surface area contributed by atoms with E-state index in [9.17, 15) is 4.79 Å². The third-order valence-corrected chi connectivity index (χ3v) is 4.77. The number of hydrogen-bond donors (Lipinski definition) is 2. The molecule has 0 bridgehead atoms. The van der Waals surface area contributed by atoms with Crippen molar-refractivity contribution in [3.05, 3.63) is 62.5 Å². The summed E-state index contributed by atoms with van der Waals surface area (Å²) in [5.41, 5.74) is 1.56. The van der Waals surface area contributed by atoms with Crippen molar-refractivity contribution in [2.24, 2.45) is 0 Å². The zero-order valence-corrected chi connectivity index (χ0v) is 17.3. The average Bonchev–Trinajstić information content (AvgIpc) is 3.12. The smallest absolute Gasteiger partial charge is 0.278 e. The fourth-order valence-electron chi connectivity index (χ4n) is 2.60. The van der Waals surface area contributed by atoms with Crippen LogP contribution in [-0.2, 0) is 22.6 Å². The number of allylic oxidation sites excluding steroid dienone is 1. The fraction of sp³-hybridized carbons (Fsp3) is 0.316. The number of benzene rings is 1. The monoisotopic (exact) mass is 437 g/mol. The lowest BCUT2D eigenvalue weighted by molar-refractivity contribution is 0.0852. The topological polar surface area (TPSA) is 94.1 Å². The van der Waals surface area contributed by atoms with Crippen LogP contribution < -0.4 is 10.9 Å². The first-order valence-electron chi connectivity index (χ1n) is 8.94. The molecule has 0 unspecified atom stereocenters. The number of H-pyrrole nitrogens is 1. The fourth-order valence-corrected chi connectivity index (χ4v) is 2.92. The summed E-state index contributed by atoms with van der Waals surface area (Å²) in [6.45, 7) is 2.44. The molecule has 0 amide bonds. The van der Waals surface area contributed by atoms with Crippen LogP contribution in [0.4, 0.5) is 5.95 Å². The Kier molecular flexibility index (Phi) is 7.65. The van der Waals surface area contributed by atoms with Gasteiger partial charge in [0.2, 0.25) is 5.95 Å². The molecule has 0 saturated carbocycles. The van der Waals surface area contributed by atoms with Gasteiger partial charge in [0, 0.05) is 13.7 Å². The number of aromatic nitrogens is 4. The number of hydrogen-bond acceptors (Lipinski definition) is 6. The van der Waals surface area contributed by atoms with Crippen molar-refractivity contribution in [1.29, 1.82) is 0 Å². The number of halogens is 2. The van der Waals surface area contributed by atoms with Crippen LogP contribution >= 0.6 is 23.2 Å². The zero-order valence-electron chi connectivity index (χ0n) is 15.8. The van der Waals surface area contributed by atoms with Gasteiger partial charge in [-0.1, -0.05) is 41.4 Å². The summed E-state index contributed by atoms with van der Waals surface area (Å²) in [5.74, 6) is 0.357. The van der Waals surface area contributed by atoms with E-state index in [0.29, 0.717) is 59.9 Å². The SMILES string of the molecule is COCCOCC=CCn1ncc2nc(NCc3ccc(Cl)c(Cl)c3)[nH]c(=O)c21. The molecule has 0 spiro atoms. The van der Waals surface area contributed by atoms with E-state index in [-0.39, 0.29) is 5.56 Å². The number of ether oxygens (including phenoxy) is 2. The molecule has 1 aromatic carbocycles. The first-order chi connectivity index (χ1) is 14.1. The van der Waals surface area contributed by atoms with E-state index in [1.807, 2.05) is 18.2 Å². The summed E-state index contributed by atoms with van der Waals surface area (Å²) in [6, 6.07) is 5.33. The number of fused-ring (bicyclic) bond motifs is 1. The highest BCUT2D eigenvalue weighted by molar-refractivity contribution is 6.42. The first-order valence-corrected chi connectivity index (χ1v) is 9.69. The van der Waals surface area contributed by atoms with Crippen molar-refractivity contribution in [1.82, 2.24) is 19.7 Å². The van der Waals surface area contributed by atoms with E-state index in [2.05, 4.69) is 20.4 Å². The molecule has 2 heterocycles. The molecule has 2 aromatic heterocycles. The maximum atomic E-state index is 12.5. The number of nitrogens with zero attached hydrogens (tertiary/aromatic N) is 3. The molecule has 29 heavy (non-hydrogen) atoms. The second-order valence-electron chi connectivity index (χ2n) is 6.12. The molecule has 154 valence electrons. The van der Waals surface area contributed by atoms with Gasteiger partial charge in [-0.3, -0.25) is 14.5 Å². The minimum Gasteiger partial charge on any atom is -0.382 e. The van der Waals surface area contributed by atoms with Gasteiger partial charge in [-0.25, -0.2) is 4.98 Å². The summed E-state index contributed by atoms with van der Waals surface area (Å²) in [5, 5.41) is 8.29. The largest absolute Gasteiger partial charge is 0.382 e. The second-order valence-corrected chi connectivity index (χ2v) is 6.93. The van der Waals surface area contributed by atoms with E-state index in [1.165, 1.54) is 0 Å². The molecule has 0 atom stereocenters. The molecule has 0 saturated heterocycles. The molecule has 0 fully saturated rings. The quantitative estimate of drug-likeness (QED) is 0.373. The summed E-state index contributed by atoms with van der Waals surface area (Å²) in [4.78, 5) is 19.7. The molecule has 8 nitrogen and oxygen atoms in total. The van der Waals surface area contributed by atoms with Crippen LogP contribution in [0.25, 0.3) is 11.0 Å². The third-order valence-electron chi connectivity index (χ3n) is 4.03. The van der Waals surface area contributed by atoms with E-state index in [0.717, 1.165) is 5.56 Å². The lowest BCUT2D eigenvalue weighted by Crippen LogP contribution is -2.16. The Morgan fingerprint density at radius 2 is 2.10 bits per heavy atom. The van der Waals surface area contributed by atoms with E-state index in [4.69, 9.17) is 32.7 Å². The van der Waals surface area contributed by atoms with Crippen molar-refractivity contribution >= 4 is 40.2 Å². The Balaban J connectivity index is 1.63. The Morgan fingerprint density at radius 3 is 2.90 bits per heavy atom. The van der Waals surface area contributed by atoms with Gasteiger partial charge in [0.15, 0.2) is 5.52 Å². The summed E-state index contributed by atoms with van der Waals surface area (Å²) < 4.78 is 11.9. The van der Waals surface area contributed by atoms with Crippen LogP contribution in [0.1, 0.15) is 5.56 Å². The number of aromatic amines is 1. The van der Waals surface area contributed by atoms with Crippen molar-refractivity contribution in [3.63, 3.8) is 0 Å². The molecule has 3 rings (SSSR count). The molecular weight excluding hydrogens is 417 g/mol. The summed E-state index contributed by atoms with van der Waals surface area (Å²) >= 11 is 11.9. The standard InChI is InChI=1S/C19H21Cl2N5O3/c1-28-8-9-29-7-3-2-6-26-17-16(12-23-26)24-19(25-18(17)27)22-11-13-4-5-14(20)15(21)10-13/h2-5,10,12H,6-9,11H2,1H3,(H2,22,24,25,27). The van der Waals surface area contributed by atoms with Gasteiger partial charge in [-0.05, 0) is 17.7 Å². The highest BCUT2D eigenvalue weighted by atomic mass is 35.5. The van der Waals surface area contributed by atoms with Gasteiger partial charge >= 0.3 is 0 Å². The predicted molar refractivity (Wildman–Crippen MR) is 114 cm³/mol. The van der Waals surface area contributed by atoms with E-state index in [1.54, 1.807) is 30.1 Å². The molecule has 0 aliphatic heterocycles. The second kappa shape index (κ2) is 10.4. The van der Waals surface area contributed by atoms with Gasteiger partial charge in [0.05, 0.1) is 42.6 Å². The number of rotatable bonds is 10. The predicted octanol–water partition coefficient (Wildman–Crippen LogP) is 3.26. The molecule has 10 heteroatoms. The highest BCUT2D eigenvalue weighted by Gasteiger charge is 2.10. The maximum Gasteiger partial charge on any atom is 0.278 e. The Labute approximate surface area is 177 Å². The van der Waals surface area contributed by atoms with Gasteiger partial charge in [0.1, 0.15) is 5.52 Å². The number of nitrogens with one attached hydrogen (secondary N) is 2. The van der Waals surface area contributed by atoms with Crippen molar-refractivity contribution in [2.75, 3.05) is 32.2 Å². The van der Waals surface area contributed by atoms with Gasteiger partial charge < -0.3 is 14.8 Å². The van der Waals surface area contributed by atoms with Gasteiger partial charge in [-0.15, -0.1) is 0 Å². The van der Waals surface area contributed by atoms with Gasteiger partial charge in [-0.2, -0.15) is 5.10 Å². The van der Waals surface area contributed by atoms with Crippen molar-refractivity contribution in [2.45, 2.75) is 13.1 Å². The molecular formula is C19H21Cl2N5O3. The molecule has 0 radical (unpaired) electrons. The normalized spacial score (nSPS) is 11.6. The minimum absolute atomic E-state index is 0.270. The van der Waals surface area contributed by atoms with Gasteiger partial charge in [0.25, 0.3) is 5.56 Å². The van der Waals surface area contributed by atoms with Crippen LogP contribution in [-0.4, -0.2) is 46.7 Å². The lowest BCUT2D eigenvalue weighted by Gasteiger charge is -2.07. The van der Waals surface area contributed by atoms with E-state index < -0.39 is 0 Å².